The Morgan fingerprint density at radius 2 is 1.86 bits per heavy atom. The summed E-state index contributed by atoms with van der Waals surface area (Å²) >= 11 is 0. The largest absolute Gasteiger partial charge is 0.492 e. The van der Waals surface area contributed by atoms with Crippen LogP contribution in [0, 0.1) is 17.2 Å². The highest BCUT2D eigenvalue weighted by Crippen LogP contribution is 2.34. The number of nitrogens with two attached hydrogens (primary N) is 1. The Hall–Kier alpha value is -3.99. The Kier molecular flexibility index (Phi) is 6.97. The van der Waals surface area contributed by atoms with Crippen molar-refractivity contribution in [3.63, 3.8) is 0 Å². The fourth-order valence-electron chi connectivity index (χ4n) is 3.92. The van der Waals surface area contributed by atoms with Crippen molar-refractivity contribution in [1.29, 1.82) is 5.26 Å². The van der Waals surface area contributed by atoms with E-state index in [1.54, 1.807) is 53.6 Å². The number of benzene rings is 2. The lowest BCUT2D eigenvalue weighted by Crippen LogP contribution is -2.42. The van der Waals surface area contributed by atoms with Gasteiger partial charge in [0, 0.05) is 36.4 Å². The lowest BCUT2D eigenvalue weighted by Gasteiger charge is -2.33. The van der Waals surface area contributed by atoms with E-state index in [4.69, 9.17) is 19.9 Å². The number of carbonyl (C=O) groups is 1. The van der Waals surface area contributed by atoms with Gasteiger partial charge in [0.15, 0.2) is 0 Å². The zero-order chi connectivity index (χ0) is 25.0. The molecule has 1 amide bonds. The second kappa shape index (κ2) is 10.1. The minimum atomic E-state index is -0.505. The van der Waals surface area contributed by atoms with E-state index in [0.717, 1.165) is 18.2 Å². The summed E-state index contributed by atoms with van der Waals surface area (Å²) in [6, 6.07) is 14.6. The van der Waals surface area contributed by atoms with Gasteiger partial charge in [-0.15, -0.1) is 0 Å². The van der Waals surface area contributed by atoms with Crippen LogP contribution in [0.25, 0.3) is 10.9 Å². The molecule has 4 rings (SSSR count). The topological polar surface area (TPSA) is 111 Å². The van der Waals surface area contributed by atoms with Gasteiger partial charge in [-0.1, -0.05) is 0 Å². The predicted molar refractivity (Wildman–Crippen MR) is 133 cm³/mol. The number of aromatic nitrogens is 1. The first-order valence-corrected chi connectivity index (χ1v) is 11.7. The van der Waals surface area contributed by atoms with E-state index in [2.05, 4.69) is 11.1 Å². The van der Waals surface area contributed by atoms with Crippen LogP contribution in [-0.4, -0.2) is 41.3 Å². The van der Waals surface area contributed by atoms with E-state index in [9.17, 15) is 10.1 Å². The van der Waals surface area contributed by atoms with Gasteiger partial charge >= 0.3 is 6.09 Å². The maximum atomic E-state index is 12.3. The third-order valence-corrected chi connectivity index (χ3v) is 5.77. The summed E-state index contributed by atoms with van der Waals surface area (Å²) in [5.41, 5.74) is 6.99. The van der Waals surface area contributed by atoms with E-state index in [1.165, 1.54) is 0 Å². The number of nitrogens with zero attached hydrogens (tertiary/aromatic N) is 3. The van der Waals surface area contributed by atoms with E-state index in [-0.39, 0.29) is 12.0 Å². The Morgan fingerprint density at radius 3 is 2.51 bits per heavy atom. The van der Waals surface area contributed by atoms with Gasteiger partial charge in [0.05, 0.1) is 17.7 Å². The molecule has 3 aromatic rings. The third kappa shape index (κ3) is 6.12. The molecule has 35 heavy (non-hydrogen) atoms. The molecular weight excluding hydrogens is 444 g/mol. The molecule has 0 atom stereocenters. The predicted octanol–water partition coefficient (Wildman–Crippen LogP) is 5.51. The van der Waals surface area contributed by atoms with Crippen molar-refractivity contribution in [2.45, 2.75) is 39.2 Å². The molecule has 2 heterocycles. The van der Waals surface area contributed by atoms with Crippen LogP contribution in [0.3, 0.4) is 0 Å². The van der Waals surface area contributed by atoms with Crippen molar-refractivity contribution in [3.05, 3.63) is 54.2 Å². The average Bonchev–Trinajstić information content (AvgIpc) is 2.83. The third-order valence-electron chi connectivity index (χ3n) is 5.77. The number of piperidine rings is 1. The molecule has 1 fully saturated rings. The molecule has 1 saturated heterocycles. The van der Waals surface area contributed by atoms with Crippen molar-refractivity contribution in [1.82, 2.24) is 9.88 Å². The normalized spacial score (nSPS) is 14.4. The first kappa shape index (κ1) is 24.1. The van der Waals surface area contributed by atoms with Crippen LogP contribution in [0.5, 0.6) is 17.2 Å². The van der Waals surface area contributed by atoms with Gasteiger partial charge in [-0.2, -0.15) is 5.26 Å². The summed E-state index contributed by atoms with van der Waals surface area (Å²) in [6.45, 7) is 7.30. The molecule has 0 radical (unpaired) electrons. The summed E-state index contributed by atoms with van der Waals surface area (Å²) in [4.78, 5) is 18.5. The van der Waals surface area contributed by atoms with Crippen LogP contribution in [0.15, 0.2) is 48.7 Å². The number of pyridine rings is 1. The summed E-state index contributed by atoms with van der Waals surface area (Å²) < 4.78 is 17.5. The van der Waals surface area contributed by atoms with Crippen molar-refractivity contribution >= 4 is 22.7 Å². The van der Waals surface area contributed by atoms with E-state index in [0.29, 0.717) is 53.7 Å². The maximum absolute atomic E-state index is 12.3. The van der Waals surface area contributed by atoms with Crippen LogP contribution in [0.1, 0.15) is 39.2 Å². The van der Waals surface area contributed by atoms with Crippen LogP contribution in [0.2, 0.25) is 0 Å². The number of ether oxygens (including phenoxy) is 3. The second-order valence-electron chi connectivity index (χ2n) is 9.68. The molecule has 0 aliphatic carbocycles. The first-order chi connectivity index (χ1) is 16.7. The van der Waals surface area contributed by atoms with Crippen LogP contribution in [0.4, 0.5) is 10.5 Å². The molecule has 0 bridgehead atoms. The van der Waals surface area contributed by atoms with Gasteiger partial charge in [-0.3, -0.25) is 4.98 Å². The molecule has 1 aliphatic rings. The molecular formula is C27H30N4O4. The Labute approximate surface area is 205 Å². The van der Waals surface area contributed by atoms with Crippen molar-refractivity contribution in [3.8, 4) is 23.3 Å². The molecule has 0 unspecified atom stereocenters. The van der Waals surface area contributed by atoms with Gasteiger partial charge in [0.25, 0.3) is 0 Å². The minimum Gasteiger partial charge on any atom is -0.492 e. The zero-order valence-electron chi connectivity index (χ0n) is 20.3. The number of nitriles is 1. The average molecular weight is 475 g/mol. The standard InChI is InChI=1S/C27H30N4O4/c1-27(2,3)35-26(32)31-12-9-18(10-13-31)17-33-25-15-23-22(14-19(25)16-28)24(8-11-30-23)34-21-6-4-20(29)5-7-21/h4-8,11,14-15,18H,9-10,12-13,17,29H2,1-3H3. The summed E-state index contributed by atoms with van der Waals surface area (Å²) in [5.74, 6) is 2.01. The van der Waals surface area contributed by atoms with E-state index >= 15 is 0 Å². The smallest absolute Gasteiger partial charge is 0.410 e. The van der Waals surface area contributed by atoms with Crippen molar-refractivity contribution in [2.24, 2.45) is 5.92 Å². The van der Waals surface area contributed by atoms with E-state index in [1.807, 2.05) is 20.8 Å². The lowest BCUT2D eigenvalue weighted by atomic mass is 9.98. The second-order valence-corrected chi connectivity index (χ2v) is 9.68. The first-order valence-electron chi connectivity index (χ1n) is 11.7. The van der Waals surface area contributed by atoms with Crippen molar-refractivity contribution < 1.29 is 19.0 Å². The summed E-state index contributed by atoms with van der Waals surface area (Å²) in [6.07, 6.45) is 3.01. The van der Waals surface area contributed by atoms with Gasteiger partial charge in [0.1, 0.15) is 28.9 Å². The Balaban J connectivity index is 1.42. The highest BCUT2D eigenvalue weighted by Gasteiger charge is 2.27. The number of hydrogen-bond donors (Lipinski definition) is 1. The number of amides is 1. The number of nitrogen functional groups attached to an aromatic ring is 1. The van der Waals surface area contributed by atoms with E-state index < -0.39 is 5.60 Å². The molecule has 1 aliphatic heterocycles. The Morgan fingerprint density at radius 1 is 1.14 bits per heavy atom. The Bertz CT molecular complexity index is 1240. The fraction of sp³-hybridized carbons (Fsp3) is 0.370. The van der Waals surface area contributed by atoms with Gasteiger partial charge in [0.2, 0.25) is 0 Å². The number of anilines is 1. The van der Waals surface area contributed by atoms with Crippen LogP contribution in [-0.2, 0) is 4.74 Å². The number of fused-ring (bicyclic) bond motifs is 1. The highest BCUT2D eigenvalue weighted by atomic mass is 16.6. The monoisotopic (exact) mass is 474 g/mol. The highest BCUT2D eigenvalue weighted by molar-refractivity contribution is 5.88. The summed E-state index contributed by atoms with van der Waals surface area (Å²) in [5, 5.41) is 10.5. The molecule has 2 aromatic carbocycles. The van der Waals surface area contributed by atoms with Crippen LogP contribution < -0.4 is 15.2 Å². The number of rotatable bonds is 5. The molecule has 1 aromatic heterocycles. The molecule has 8 nitrogen and oxygen atoms in total. The van der Waals surface area contributed by atoms with Gasteiger partial charge < -0.3 is 24.8 Å². The van der Waals surface area contributed by atoms with Gasteiger partial charge in [-0.05, 0) is 75.9 Å². The molecule has 0 spiro atoms. The molecule has 0 saturated carbocycles. The minimum absolute atomic E-state index is 0.277. The lowest BCUT2D eigenvalue weighted by molar-refractivity contribution is 0.0165. The number of carbonyl (C=O) groups excluding carboxylic acids is 1. The zero-order valence-corrected chi connectivity index (χ0v) is 20.3. The maximum Gasteiger partial charge on any atom is 0.410 e. The quantitative estimate of drug-likeness (QED) is 0.486. The fourth-order valence-corrected chi connectivity index (χ4v) is 3.92. The molecule has 182 valence electrons. The SMILES string of the molecule is CC(C)(C)OC(=O)N1CCC(COc2cc3nccc(Oc4ccc(N)cc4)c3cc2C#N)CC1. The van der Waals surface area contributed by atoms with Crippen LogP contribution >= 0.6 is 0 Å². The molecule has 8 heteroatoms. The number of likely N-dealkylation sites (tertiary alicyclic amines) is 1. The van der Waals surface area contributed by atoms with Crippen molar-refractivity contribution in [2.75, 3.05) is 25.4 Å². The summed E-state index contributed by atoms with van der Waals surface area (Å²) in [7, 11) is 0. The van der Waals surface area contributed by atoms with Gasteiger partial charge in [-0.25, -0.2) is 4.79 Å². The number of hydrogen-bond acceptors (Lipinski definition) is 7. The molecule has 2 N–H and O–H groups in total.